The van der Waals surface area contributed by atoms with Crippen LogP contribution in [0.1, 0.15) is 12.1 Å². The molecule has 0 saturated carbocycles. The average molecular weight is 183 g/mol. The highest BCUT2D eigenvalue weighted by Gasteiger charge is 2.03. The van der Waals surface area contributed by atoms with E-state index in [-0.39, 0.29) is 0 Å². The lowest BCUT2D eigenvalue weighted by Gasteiger charge is -2.00. The van der Waals surface area contributed by atoms with Crippen molar-refractivity contribution in [1.29, 1.82) is 0 Å². The molecular weight excluding hydrogens is 170 g/mol. The van der Waals surface area contributed by atoms with E-state index in [2.05, 4.69) is 47.9 Å². The second-order valence-electron chi connectivity index (χ2n) is 3.46. The van der Waals surface area contributed by atoms with Gasteiger partial charge < -0.3 is 4.57 Å². The highest BCUT2D eigenvalue weighted by Crippen LogP contribution is 2.18. The van der Waals surface area contributed by atoms with Crippen LogP contribution in [0.5, 0.6) is 0 Å². The number of nitrogens with zero attached hydrogens (tertiary/aromatic N) is 1. The number of benzene rings is 1. The molecule has 0 bridgehead atoms. The molecule has 0 radical (unpaired) electrons. The van der Waals surface area contributed by atoms with E-state index in [0.29, 0.717) is 0 Å². The topological polar surface area (TPSA) is 4.93 Å². The van der Waals surface area contributed by atoms with E-state index < -0.39 is 0 Å². The Morgan fingerprint density at radius 2 is 2.14 bits per heavy atom. The molecule has 0 aliphatic heterocycles. The van der Waals surface area contributed by atoms with Crippen LogP contribution in [0.15, 0.2) is 30.3 Å². The fourth-order valence-corrected chi connectivity index (χ4v) is 1.79. The van der Waals surface area contributed by atoms with Crippen molar-refractivity contribution in [3.05, 3.63) is 36.0 Å². The lowest BCUT2D eigenvalue weighted by molar-refractivity contribution is 0.840. The number of para-hydroxylation sites is 1. The summed E-state index contributed by atoms with van der Waals surface area (Å²) in [6.45, 7) is 0. The maximum absolute atomic E-state index is 5.26. The molecule has 2 rings (SSSR count). The van der Waals surface area contributed by atoms with E-state index >= 15 is 0 Å². The van der Waals surface area contributed by atoms with Gasteiger partial charge >= 0.3 is 0 Å². The van der Waals surface area contributed by atoms with Crippen molar-refractivity contribution in [2.75, 3.05) is 0 Å². The monoisotopic (exact) mass is 183 g/mol. The molecule has 0 spiro atoms. The summed E-state index contributed by atoms with van der Waals surface area (Å²) < 4.78 is 2.21. The first-order valence-electron chi connectivity index (χ1n) is 4.79. The zero-order chi connectivity index (χ0) is 9.97. The summed E-state index contributed by atoms with van der Waals surface area (Å²) in [5, 5.41) is 1.29. The largest absolute Gasteiger partial charge is 0.348 e. The van der Waals surface area contributed by atoms with Gasteiger partial charge in [-0.15, -0.1) is 12.3 Å². The van der Waals surface area contributed by atoms with Crippen LogP contribution < -0.4 is 0 Å². The van der Waals surface area contributed by atoms with Gasteiger partial charge in [0.25, 0.3) is 0 Å². The molecule has 0 saturated heterocycles. The Labute approximate surface area is 84.4 Å². The van der Waals surface area contributed by atoms with Gasteiger partial charge in [0.1, 0.15) is 0 Å². The number of fused-ring (bicyclic) bond motifs is 1. The second-order valence-corrected chi connectivity index (χ2v) is 3.46. The summed E-state index contributed by atoms with van der Waals surface area (Å²) in [4.78, 5) is 0. The number of rotatable bonds is 2. The third-order valence-corrected chi connectivity index (χ3v) is 2.58. The van der Waals surface area contributed by atoms with Gasteiger partial charge in [-0.25, -0.2) is 0 Å². The first kappa shape index (κ1) is 8.90. The van der Waals surface area contributed by atoms with Crippen molar-refractivity contribution in [1.82, 2.24) is 4.57 Å². The molecule has 70 valence electrons. The first-order valence-corrected chi connectivity index (χ1v) is 4.79. The van der Waals surface area contributed by atoms with Gasteiger partial charge in [-0.1, -0.05) is 18.2 Å². The Kier molecular flexibility index (Phi) is 2.28. The molecule has 14 heavy (non-hydrogen) atoms. The van der Waals surface area contributed by atoms with Crippen molar-refractivity contribution in [3.8, 4) is 12.3 Å². The van der Waals surface area contributed by atoms with Crippen molar-refractivity contribution in [2.45, 2.75) is 12.8 Å². The Hall–Kier alpha value is -1.68. The lowest BCUT2D eigenvalue weighted by Crippen LogP contribution is -1.94. The molecule has 1 heterocycles. The van der Waals surface area contributed by atoms with E-state index in [1.54, 1.807) is 0 Å². The number of hydrogen-bond donors (Lipinski definition) is 0. The summed E-state index contributed by atoms with van der Waals surface area (Å²) >= 11 is 0. The lowest BCUT2D eigenvalue weighted by atomic mass is 10.2. The van der Waals surface area contributed by atoms with Crippen LogP contribution in [0, 0.1) is 12.3 Å². The quantitative estimate of drug-likeness (QED) is 0.631. The Morgan fingerprint density at radius 3 is 2.86 bits per heavy atom. The minimum absolute atomic E-state index is 0.810. The van der Waals surface area contributed by atoms with E-state index in [9.17, 15) is 0 Å². The van der Waals surface area contributed by atoms with Crippen LogP contribution in [0.25, 0.3) is 10.9 Å². The third kappa shape index (κ3) is 1.40. The zero-order valence-electron chi connectivity index (χ0n) is 8.33. The van der Waals surface area contributed by atoms with E-state index in [1.807, 2.05) is 0 Å². The minimum Gasteiger partial charge on any atom is -0.348 e. The van der Waals surface area contributed by atoms with Gasteiger partial charge in [-0.05, 0) is 23.9 Å². The Bertz CT molecular complexity index is 485. The normalized spacial score (nSPS) is 10.3. The predicted octanol–water partition coefficient (Wildman–Crippen LogP) is 2.74. The molecule has 0 atom stereocenters. The molecule has 1 nitrogen and oxygen atoms in total. The van der Waals surface area contributed by atoms with Crippen LogP contribution in [0.2, 0.25) is 0 Å². The number of aromatic nitrogens is 1. The fraction of sp³-hybridized carbons (Fsp3) is 0.231. The average Bonchev–Trinajstić information content (AvgIpc) is 2.54. The molecule has 1 aromatic heterocycles. The molecule has 0 aliphatic rings. The maximum Gasteiger partial charge on any atom is 0.0479 e. The van der Waals surface area contributed by atoms with Gasteiger partial charge in [0, 0.05) is 24.7 Å². The van der Waals surface area contributed by atoms with Crippen molar-refractivity contribution in [2.24, 2.45) is 7.05 Å². The fourth-order valence-electron chi connectivity index (χ4n) is 1.79. The van der Waals surface area contributed by atoms with Gasteiger partial charge in [0.15, 0.2) is 0 Å². The van der Waals surface area contributed by atoms with Crippen molar-refractivity contribution >= 4 is 10.9 Å². The molecule has 0 amide bonds. The molecule has 1 heteroatoms. The summed E-state index contributed by atoms with van der Waals surface area (Å²) in [5.41, 5.74) is 2.59. The van der Waals surface area contributed by atoms with Crippen LogP contribution in [0.3, 0.4) is 0 Å². The number of hydrogen-bond acceptors (Lipinski definition) is 0. The van der Waals surface area contributed by atoms with Gasteiger partial charge in [-0.2, -0.15) is 0 Å². The minimum atomic E-state index is 0.810. The van der Waals surface area contributed by atoms with Crippen LogP contribution >= 0.6 is 0 Å². The van der Waals surface area contributed by atoms with Gasteiger partial charge in [0.2, 0.25) is 0 Å². The van der Waals surface area contributed by atoms with Gasteiger partial charge in [-0.3, -0.25) is 0 Å². The predicted molar refractivity (Wildman–Crippen MR) is 60.1 cm³/mol. The Balaban J connectivity index is 2.47. The highest BCUT2D eigenvalue weighted by atomic mass is 14.9. The van der Waals surface area contributed by atoms with Crippen molar-refractivity contribution < 1.29 is 0 Å². The van der Waals surface area contributed by atoms with Crippen molar-refractivity contribution in [3.63, 3.8) is 0 Å². The van der Waals surface area contributed by atoms with Gasteiger partial charge in [0.05, 0.1) is 0 Å². The number of terminal acetylenes is 1. The summed E-state index contributed by atoms with van der Waals surface area (Å²) in [6.07, 6.45) is 7.03. The SMILES string of the molecule is C#CCCc1cc2ccccc2n1C. The maximum atomic E-state index is 5.26. The zero-order valence-corrected chi connectivity index (χ0v) is 8.33. The smallest absolute Gasteiger partial charge is 0.0479 e. The Morgan fingerprint density at radius 1 is 1.36 bits per heavy atom. The van der Waals surface area contributed by atoms with Crippen LogP contribution in [-0.4, -0.2) is 4.57 Å². The highest BCUT2D eigenvalue weighted by molar-refractivity contribution is 5.81. The van der Waals surface area contributed by atoms with E-state index in [1.165, 1.54) is 16.6 Å². The second kappa shape index (κ2) is 3.59. The molecule has 0 N–H and O–H groups in total. The summed E-state index contributed by atoms with van der Waals surface area (Å²) in [7, 11) is 2.09. The number of aryl methyl sites for hydroxylation is 2. The van der Waals surface area contributed by atoms with Crippen LogP contribution in [0.4, 0.5) is 0 Å². The molecular formula is C13H13N. The third-order valence-electron chi connectivity index (χ3n) is 2.58. The summed E-state index contributed by atoms with van der Waals surface area (Å²) in [5.74, 6) is 2.67. The molecule has 0 aliphatic carbocycles. The molecule has 2 aromatic rings. The standard InChI is InChI=1S/C13H13N/c1-3-4-8-12-10-11-7-5-6-9-13(11)14(12)2/h1,5-7,9-10H,4,8H2,2H3. The molecule has 0 fully saturated rings. The van der Waals surface area contributed by atoms with Crippen LogP contribution in [-0.2, 0) is 13.5 Å². The molecule has 1 aromatic carbocycles. The molecule has 0 unspecified atom stereocenters. The summed E-state index contributed by atoms with van der Waals surface area (Å²) in [6, 6.07) is 10.6. The van der Waals surface area contributed by atoms with E-state index in [4.69, 9.17) is 6.42 Å². The van der Waals surface area contributed by atoms with E-state index in [0.717, 1.165) is 12.8 Å². The first-order chi connectivity index (χ1) is 6.83.